The monoisotopic (exact) mass is 409 g/mol. The molecule has 8 nitrogen and oxygen atoms in total. The number of carbonyl (C=O) groups is 2. The standard InChI is InChI=1S/C22H23N3O5/c1-14(2)30-21(26)19-15(3)24(13-16-9-5-4-6-10-16)22(27)23-20(19)17-11-7-8-12-18(17)25(28)29/h4-12,14,20H,13H2,1-3H3,(H,23,27). The van der Waals surface area contributed by atoms with Crippen LogP contribution in [0.1, 0.15) is 37.9 Å². The molecule has 0 fully saturated rings. The largest absolute Gasteiger partial charge is 0.459 e. The number of rotatable bonds is 6. The number of nitrogens with zero attached hydrogens (tertiary/aromatic N) is 2. The third-order valence-electron chi connectivity index (χ3n) is 4.79. The minimum atomic E-state index is -0.989. The van der Waals surface area contributed by atoms with E-state index in [-0.39, 0.29) is 29.5 Å². The van der Waals surface area contributed by atoms with Crippen molar-refractivity contribution in [1.29, 1.82) is 0 Å². The summed E-state index contributed by atoms with van der Waals surface area (Å²) in [6, 6.07) is 14.0. The Balaban J connectivity index is 2.10. The van der Waals surface area contributed by atoms with Crippen molar-refractivity contribution in [2.24, 2.45) is 0 Å². The Kier molecular flexibility index (Phi) is 6.15. The first-order valence-corrected chi connectivity index (χ1v) is 9.56. The molecule has 1 N–H and O–H groups in total. The summed E-state index contributed by atoms with van der Waals surface area (Å²) in [5, 5.41) is 14.3. The first kappa shape index (κ1) is 21.0. The van der Waals surface area contributed by atoms with E-state index in [2.05, 4.69) is 5.32 Å². The van der Waals surface area contributed by atoms with E-state index in [1.165, 1.54) is 23.1 Å². The molecule has 0 spiro atoms. The van der Waals surface area contributed by atoms with Crippen LogP contribution in [-0.2, 0) is 16.1 Å². The van der Waals surface area contributed by atoms with Gasteiger partial charge in [0.05, 0.1) is 34.8 Å². The predicted molar refractivity (Wildman–Crippen MR) is 110 cm³/mol. The molecule has 1 aliphatic rings. The van der Waals surface area contributed by atoms with Crippen molar-refractivity contribution < 1.29 is 19.2 Å². The Bertz CT molecular complexity index is 1000. The van der Waals surface area contributed by atoms with Gasteiger partial charge in [-0.2, -0.15) is 0 Å². The second-order valence-electron chi connectivity index (χ2n) is 7.22. The fourth-order valence-corrected chi connectivity index (χ4v) is 3.41. The smallest absolute Gasteiger partial charge is 0.338 e. The van der Waals surface area contributed by atoms with Crippen LogP contribution in [0.5, 0.6) is 0 Å². The molecule has 0 radical (unpaired) electrons. The Morgan fingerprint density at radius 1 is 1.17 bits per heavy atom. The quantitative estimate of drug-likeness (QED) is 0.440. The normalized spacial score (nSPS) is 16.5. The zero-order chi connectivity index (χ0) is 21.8. The molecule has 0 aromatic heterocycles. The summed E-state index contributed by atoms with van der Waals surface area (Å²) in [5.74, 6) is -0.622. The molecule has 2 aromatic carbocycles. The number of amides is 2. The predicted octanol–water partition coefficient (Wildman–Crippen LogP) is 4.09. The Labute approximate surface area is 174 Å². The van der Waals surface area contributed by atoms with Gasteiger partial charge < -0.3 is 10.1 Å². The molecular formula is C22H23N3O5. The molecule has 3 rings (SSSR count). The van der Waals surface area contributed by atoms with Gasteiger partial charge in [-0.3, -0.25) is 15.0 Å². The maximum Gasteiger partial charge on any atom is 0.338 e. The molecule has 156 valence electrons. The van der Waals surface area contributed by atoms with Crippen LogP contribution in [0.3, 0.4) is 0 Å². The lowest BCUT2D eigenvalue weighted by atomic mass is 9.93. The van der Waals surface area contributed by atoms with E-state index >= 15 is 0 Å². The molecule has 0 bridgehead atoms. The number of carbonyl (C=O) groups excluding carboxylic acids is 2. The van der Waals surface area contributed by atoms with E-state index in [4.69, 9.17) is 4.74 Å². The van der Waals surface area contributed by atoms with E-state index in [0.29, 0.717) is 5.70 Å². The summed E-state index contributed by atoms with van der Waals surface area (Å²) < 4.78 is 5.40. The van der Waals surface area contributed by atoms with E-state index in [1.807, 2.05) is 30.3 Å². The molecular weight excluding hydrogens is 386 g/mol. The van der Waals surface area contributed by atoms with Gasteiger partial charge in [0, 0.05) is 11.8 Å². The highest BCUT2D eigenvalue weighted by molar-refractivity contribution is 5.95. The topological polar surface area (TPSA) is 102 Å². The molecule has 0 saturated heterocycles. The van der Waals surface area contributed by atoms with E-state index in [1.54, 1.807) is 26.8 Å². The Hall–Kier alpha value is -3.68. The number of hydrogen-bond acceptors (Lipinski definition) is 5. The highest BCUT2D eigenvalue weighted by atomic mass is 16.6. The SMILES string of the molecule is CC1=C(C(=O)OC(C)C)C(c2ccccc2[N+](=O)[O-])NC(=O)N1Cc1ccccc1. The van der Waals surface area contributed by atoms with Crippen molar-refractivity contribution in [2.45, 2.75) is 39.5 Å². The second kappa shape index (κ2) is 8.77. The number of allylic oxidation sites excluding steroid dienone is 1. The van der Waals surface area contributed by atoms with Gasteiger partial charge in [0.1, 0.15) is 0 Å². The molecule has 0 saturated carbocycles. The number of benzene rings is 2. The number of urea groups is 1. The Morgan fingerprint density at radius 2 is 1.80 bits per heavy atom. The van der Waals surface area contributed by atoms with Crippen LogP contribution in [0.15, 0.2) is 65.9 Å². The number of para-hydroxylation sites is 1. The van der Waals surface area contributed by atoms with Gasteiger partial charge in [-0.1, -0.05) is 42.5 Å². The summed E-state index contributed by atoms with van der Waals surface area (Å²) in [6.07, 6.45) is -0.385. The summed E-state index contributed by atoms with van der Waals surface area (Å²) in [7, 11) is 0. The maximum atomic E-state index is 13.0. The minimum Gasteiger partial charge on any atom is -0.459 e. The van der Waals surface area contributed by atoms with Crippen LogP contribution in [-0.4, -0.2) is 27.9 Å². The highest BCUT2D eigenvalue weighted by Gasteiger charge is 2.39. The number of esters is 1. The lowest BCUT2D eigenvalue weighted by molar-refractivity contribution is -0.385. The van der Waals surface area contributed by atoms with Gasteiger partial charge in [0.15, 0.2) is 0 Å². The van der Waals surface area contributed by atoms with Gasteiger partial charge in [0.2, 0.25) is 0 Å². The van der Waals surface area contributed by atoms with Crippen molar-refractivity contribution >= 4 is 17.7 Å². The van der Waals surface area contributed by atoms with E-state index in [9.17, 15) is 19.7 Å². The number of hydrogen-bond donors (Lipinski definition) is 1. The van der Waals surface area contributed by atoms with Crippen LogP contribution < -0.4 is 5.32 Å². The number of nitro benzene ring substituents is 1. The van der Waals surface area contributed by atoms with Gasteiger partial charge in [-0.25, -0.2) is 9.59 Å². The zero-order valence-electron chi connectivity index (χ0n) is 17.0. The average Bonchev–Trinajstić information content (AvgIpc) is 2.70. The Morgan fingerprint density at radius 3 is 2.43 bits per heavy atom. The van der Waals surface area contributed by atoms with E-state index < -0.39 is 23.0 Å². The molecule has 1 aliphatic heterocycles. The average molecular weight is 409 g/mol. The highest BCUT2D eigenvalue weighted by Crippen LogP contribution is 2.36. The molecule has 0 aliphatic carbocycles. The van der Waals surface area contributed by atoms with Gasteiger partial charge >= 0.3 is 12.0 Å². The molecule has 30 heavy (non-hydrogen) atoms. The minimum absolute atomic E-state index is 0.175. The molecule has 1 atom stereocenters. The van der Waals surface area contributed by atoms with Crippen LogP contribution in [0.25, 0.3) is 0 Å². The molecule has 1 unspecified atom stereocenters. The lowest BCUT2D eigenvalue weighted by Crippen LogP contribution is -2.47. The molecule has 2 amide bonds. The number of nitrogens with one attached hydrogen (secondary N) is 1. The van der Waals surface area contributed by atoms with Crippen LogP contribution in [0.2, 0.25) is 0 Å². The van der Waals surface area contributed by atoms with Crippen LogP contribution in [0.4, 0.5) is 10.5 Å². The van der Waals surface area contributed by atoms with Gasteiger partial charge in [-0.05, 0) is 32.4 Å². The molecule has 8 heteroatoms. The van der Waals surface area contributed by atoms with E-state index in [0.717, 1.165) is 5.56 Å². The van der Waals surface area contributed by atoms with Crippen molar-refractivity contribution in [3.8, 4) is 0 Å². The van der Waals surface area contributed by atoms with Crippen molar-refractivity contribution in [2.75, 3.05) is 0 Å². The lowest BCUT2D eigenvalue weighted by Gasteiger charge is -2.35. The summed E-state index contributed by atoms with van der Waals surface area (Å²) in [6.45, 7) is 5.34. The second-order valence-corrected chi connectivity index (χ2v) is 7.22. The molecule has 1 heterocycles. The maximum absolute atomic E-state index is 13.0. The van der Waals surface area contributed by atoms with Crippen molar-refractivity contribution in [1.82, 2.24) is 10.2 Å². The van der Waals surface area contributed by atoms with Gasteiger partial charge in [-0.15, -0.1) is 0 Å². The third-order valence-corrected chi connectivity index (χ3v) is 4.79. The first-order valence-electron chi connectivity index (χ1n) is 9.56. The van der Waals surface area contributed by atoms with Gasteiger partial charge in [0.25, 0.3) is 5.69 Å². The third kappa shape index (κ3) is 4.32. The fourth-order valence-electron chi connectivity index (χ4n) is 3.41. The van der Waals surface area contributed by atoms with Crippen molar-refractivity contribution in [3.05, 3.63) is 87.1 Å². The summed E-state index contributed by atoms with van der Waals surface area (Å²) in [5.41, 5.74) is 1.50. The van der Waals surface area contributed by atoms with Crippen molar-refractivity contribution in [3.63, 3.8) is 0 Å². The van der Waals surface area contributed by atoms with Crippen LogP contribution in [0, 0.1) is 10.1 Å². The fraction of sp³-hybridized carbons (Fsp3) is 0.273. The summed E-state index contributed by atoms with van der Waals surface area (Å²) >= 11 is 0. The zero-order valence-corrected chi connectivity index (χ0v) is 17.0. The van der Waals surface area contributed by atoms with Crippen LogP contribution >= 0.6 is 0 Å². The first-order chi connectivity index (χ1) is 14.3. The number of nitro groups is 1. The molecule has 2 aromatic rings. The summed E-state index contributed by atoms with van der Waals surface area (Å²) in [4.78, 5) is 38.3. The number of ether oxygens (including phenoxy) is 1.